The third kappa shape index (κ3) is 7.08. The molecule has 41 heavy (non-hydrogen) atoms. The fourth-order valence-electron chi connectivity index (χ4n) is 4.77. The van der Waals surface area contributed by atoms with Crippen LogP contribution >= 0.6 is 0 Å². The number of aromatic amines is 1. The van der Waals surface area contributed by atoms with Gasteiger partial charge in [-0.05, 0) is 78.7 Å². The molecule has 1 aliphatic rings. The SMILES string of the molecule is Cc1ccc(NC(=O)c2cc(CN3CCN(C)CC3)cc(C(F)(F)F)c2)cc1/C=C/c1cnc2[nH]c(=O)ccc2c1. The number of amides is 1. The Hall–Kier alpha value is -4.28. The van der Waals surface area contributed by atoms with Gasteiger partial charge in [-0.15, -0.1) is 0 Å². The van der Waals surface area contributed by atoms with E-state index < -0.39 is 17.6 Å². The summed E-state index contributed by atoms with van der Waals surface area (Å²) in [6.45, 7) is 5.46. The van der Waals surface area contributed by atoms with E-state index in [1.54, 1.807) is 24.4 Å². The number of benzene rings is 2. The van der Waals surface area contributed by atoms with E-state index in [1.807, 2.05) is 38.3 Å². The van der Waals surface area contributed by atoms with Crippen molar-refractivity contribution >= 4 is 34.8 Å². The monoisotopic (exact) mass is 561 g/mol. The topological polar surface area (TPSA) is 81.3 Å². The molecule has 1 amide bonds. The number of hydrogen-bond donors (Lipinski definition) is 2. The number of hydrogen-bond acceptors (Lipinski definition) is 5. The lowest BCUT2D eigenvalue weighted by Gasteiger charge is -2.32. The Morgan fingerprint density at radius 2 is 1.80 bits per heavy atom. The van der Waals surface area contributed by atoms with Gasteiger partial charge in [-0.3, -0.25) is 14.5 Å². The molecule has 3 heterocycles. The van der Waals surface area contributed by atoms with Gasteiger partial charge < -0.3 is 15.2 Å². The fraction of sp³-hybridized carbons (Fsp3) is 0.258. The van der Waals surface area contributed by atoms with Crippen molar-refractivity contribution in [1.82, 2.24) is 19.8 Å². The summed E-state index contributed by atoms with van der Waals surface area (Å²) in [5.74, 6) is -0.609. The highest BCUT2D eigenvalue weighted by Crippen LogP contribution is 2.31. The number of likely N-dealkylation sites (N-methyl/N-ethyl adjacent to an activating group) is 1. The van der Waals surface area contributed by atoms with Crippen LogP contribution in [0, 0.1) is 6.92 Å². The molecule has 5 rings (SSSR count). The van der Waals surface area contributed by atoms with Gasteiger partial charge in [-0.1, -0.05) is 18.2 Å². The average molecular weight is 562 g/mol. The predicted molar refractivity (Wildman–Crippen MR) is 155 cm³/mol. The number of carbonyl (C=O) groups is 1. The van der Waals surface area contributed by atoms with Crippen LogP contribution in [-0.2, 0) is 12.7 Å². The first-order valence-electron chi connectivity index (χ1n) is 13.2. The number of alkyl halides is 3. The molecule has 0 radical (unpaired) electrons. The van der Waals surface area contributed by atoms with Crippen LogP contribution in [0.2, 0.25) is 0 Å². The average Bonchev–Trinajstić information content (AvgIpc) is 2.94. The molecule has 0 unspecified atom stereocenters. The van der Waals surface area contributed by atoms with Crippen LogP contribution < -0.4 is 10.9 Å². The molecule has 1 saturated heterocycles. The second kappa shape index (κ2) is 11.7. The first kappa shape index (κ1) is 28.3. The van der Waals surface area contributed by atoms with Crippen molar-refractivity contribution in [3.8, 4) is 0 Å². The number of nitrogens with zero attached hydrogens (tertiary/aromatic N) is 3. The number of aryl methyl sites for hydroxylation is 1. The van der Waals surface area contributed by atoms with E-state index in [9.17, 15) is 22.8 Å². The fourth-order valence-corrected chi connectivity index (χ4v) is 4.77. The molecule has 0 bridgehead atoms. The molecule has 7 nitrogen and oxygen atoms in total. The predicted octanol–water partition coefficient (Wildman–Crippen LogP) is 5.42. The second-order valence-electron chi connectivity index (χ2n) is 10.4. The van der Waals surface area contributed by atoms with E-state index in [0.717, 1.165) is 60.4 Å². The molecule has 1 aliphatic heterocycles. The molecule has 0 saturated carbocycles. The highest BCUT2D eigenvalue weighted by molar-refractivity contribution is 6.04. The first-order valence-corrected chi connectivity index (χ1v) is 13.2. The smallest absolute Gasteiger partial charge is 0.322 e. The summed E-state index contributed by atoms with van der Waals surface area (Å²) in [4.78, 5) is 35.9. The number of halogens is 3. The zero-order valence-electron chi connectivity index (χ0n) is 22.8. The number of H-pyrrole nitrogens is 1. The van der Waals surface area contributed by atoms with Gasteiger partial charge in [0.05, 0.1) is 5.56 Å². The summed E-state index contributed by atoms with van der Waals surface area (Å²) in [6.07, 6.45) is 0.811. The minimum Gasteiger partial charge on any atom is -0.322 e. The van der Waals surface area contributed by atoms with Crippen LogP contribution in [0.3, 0.4) is 0 Å². The van der Waals surface area contributed by atoms with E-state index in [0.29, 0.717) is 23.4 Å². The quantitative estimate of drug-likeness (QED) is 0.329. The van der Waals surface area contributed by atoms with E-state index in [-0.39, 0.29) is 11.1 Å². The highest BCUT2D eigenvalue weighted by atomic mass is 19.4. The van der Waals surface area contributed by atoms with Gasteiger partial charge >= 0.3 is 6.18 Å². The van der Waals surface area contributed by atoms with Crippen LogP contribution in [0.15, 0.2) is 65.6 Å². The molecule has 2 aromatic heterocycles. The number of fused-ring (bicyclic) bond motifs is 1. The van der Waals surface area contributed by atoms with Crippen molar-refractivity contribution in [3.05, 3.63) is 105 Å². The van der Waals surface area contributed by atoms with Crippen LogP contribution in [0.5, 0.6) is 0 Å². The minimum absolute atomic E-state index is 0.0399. The maximum absolute atomic E-state index is 13.7. The number of nitrogens with one attached hydrogen (secondary N) is 2. The summed E-state index contributed by atoms with van der Waals surface area (Å²) in [7, 11) is 2.01. The third-order valence-electron chi connectivity index (χ3n) is 7.17. The second-order valence-corrected chi connectivity index (χ2v) is 10.4. The lowest BCUT2D eigenvalue weighted by molar-refractivity contribution is -0.137. The molecule has 0 atom stereocenters. The summed E-state index contributed by atoms with van der Waals surface area (Å²) in [6, 6.07) is 13.9. The van der Waals surface area contributed by atoms with E-state index in [4.69, 9.17) is 0 Å². The van der Waals surface area contributed by atoms with Gasteiger partial charge in [0.15, 0.2) is 0 Å². The van der Waals surface area contributed by atoms with Gasteiger partial charge in [-0.25, -0.2) is 4.98 Å². The highest BCUT2D eigenvalue weighted by Gasteiger charge is 2.32. The summed E-state index contributed by atoms with van der Waals surface area (Å²) in [5, 5.41) is 3.55. The molecule has 0 aliphatic carbocycles. The normalized spacial score (nSPS) is 15.0. The number of carbonyl (C=O) groups excluding carboxylic acids is 1. The number of pyridine rings is 2. The van der Waals surface area contributed by atoms with Crippen molar-refractivity contribution in [1.29, 1.82) is 0 Å². The van der Waals surface area contributed by atoms with Gasteiger partial charge in [0.1, 0.15) is 5.65 Å². The van der Waals surface area contributed by atoms with Crippen molar-refractivity contribution in [2.45, 2.75) is 19.6 Å². The van der Waals surface area contributed by atoms with Gasteiger partial charge in [0.25, 0.3) is 5.91 Å². The van der Waals surface area contributed by atoms with Crippen molar-refractivity contribution in [3.63, 3.8) is 0 Å². The standard InChI is InChI=1S/C31H30F3N5O2/c1-20-3-7-27(17-23(20)5-4-21-13-24-6-8-28(40)37-29(24)35-18-21)36-30(41)25-14-22(15-26(16-25)31(32,33)34)19-39-11-9-38(2)10-12-39/h3-8,13-18H,9-12,19H2,1-2H3,(H,36,41)(H,35,37,40)/b5-4+. The summed E-state index contributed by atoms with van der Waals surface area (Å²) >= 11 is 0. The van der Waals surface area contributed by atoms with Crippen LogP contribution in [0.25, 0.3) is 23.2 Å². The molecular weight excluding hydrogens is 531 g/mol. The van der Waals surface area contributed by atoms with E-state index in [2.05, 4.69) is 25.1 Å². The first-order chi connectivity index (χ1) is 19.5. The molecule has 0 spiro atoms. The van der Waals surface area contributed by atoms with Gasteiger partial charge in [0.2, 0.25) is 5.56 Å². The molecular formula is C31H30F3N5O2. The number of aromatic nitrogens is 2. The Morgan fingerprint density at radius 3 is 2.56 bits per heavy atom. The summed E-state index contributed by atoms with van der Waals surface area (Å²) in [5.41, 5.74) is 2.90. The van der Waals surface area contributed by atoms with Gasteiger partial charge in [-0.2, -0.15) is 13.2 Å². The Bertz CT molecular complexity index is 1670. The number of piperazine rings is 1. The van der Waals surface area contributed by atoms with Crippen molar-refractivity contribution in [2.24, 2.45) is 0 Å². The maximum Gasteiger partial charge on any atom is 0.416 e. The lowest BCUT2D eigenvalue weighted by Crippen LogP contribution is -2.43. The number of rotatable bonds is 6. The Kier molecular flexibility index (Phi) is 8.05. The molecule has 4 aromatic rings. The van der Waals surface area contributed by atoms with E-state index >= 15 is 0 Å². The van der Waals surface area contributed by atoms with Crippen LogP contribution in [0.4, 0.5) is 18.9 Å². The van der Waals surface area contributed by atoms with Crippen LogP contribution in [-0.4, -0.2) is 58.9 Å². The third-order valence-corrected chi connectivity index (χ3v) is 7.17. The van der Waals surface area contributed by atoms with Crippen LogP contribution in [0.1, 0.15) is 38.2 Å². The van der Waals surface area contributed by atoms with Crippen molar-refractivity contribution in [2.75, 3.05) is 38.5 Å². The molecule has 2 N–H and O–H groups in total. The zero-order valence-corrected chi connectivity index (χ0v) is 22.8. The Balaban J connectivity index is 1.35. The summed E-state index contributed by atoms with van der Waals surface area (Å²) < 4.78 is 41.1. The largest absolute Gasteiger partial charge is 0.416 e. The Labute approximate surface area is 235 Å². The lowest BCUT2D eigenvalue weighted by atomic mass is 10.0. The van der Waals surface area contributed by atoms with Gasteiger partial charge in [0, 0.05) is 61.6 Å². The molecule has 2 aromatic carbocycles. The number of anilines is 1. The van der Waals surface area contributed by atoms with Crippen molar-refractivity contribution < 1.29 is 18.0 Å². The molecule has 212 valence electrons. The zero-order chi connectivity index (χ0) is 29.1. The molecule has 10 heteroatoms. The Morgan fingerprint density at radius 1 is 1.02 bits per heavy atom. The van der Waals surface area contributed by atoms with E-state index in [1.165, 1.54) is 12.1 Å². The maximum atomic E-state index is 13.7. The minimum atomic E-state index is -4.57. The molecule has 1 fully saturated rings.